The maximum atomic E-state index is 13.0. The highest BCUT2D eigenvalue weighted by molar-refractivity contribution is 5.73. The maximum Gasteiger partial charge on any atom is 0.314 e. The van der Waals surface area contributed by atoms with Gasteiger partial charge in [0.15, 0.2) is 0 Å². The van der Waals surface area contributed by atoms with Crippen molar-refractivity contribution in [3.8, 4) is 0 Å². The lowest BCUT2D eigenvalue weighted by Crippen LogP contribution is -2.45. The molecular weight excluding hydrogens is 331 g/mol. The highest BCUT2D eigenvalue weighted by Gasteiger charge is 2.23. The van der Waals surface area contributed by atoms with Gasteiger partial charge in [-0.1, -0.05) is 6.42 Å². The number of anilines is 1. The van der Waals surface area contributed by atoms with E-state index >= 15 is 0 Å². The van der Waals surface area contributed by atoms with Crippen molar-refractivity contribution in [1.29, 1.82) is 0 Å². The summed E-state index contributed by atoms with van der Waals surface area (Å²) in [6.07, 6.45) is 4.89. The Morgan fingerprint density at radius 2 is 1.96 bits per heavy atom. The number of amides is 2. The molecule has 0 bridgehead atoms. The summed E-state index contributed by atoms with van der Waals surface area (Å²) in [7, 11) is 0. The van der Waals surface area contributed by atoms with Gasteiger partial charge in [0.1, 0.15) is 5.82 Å². The zero-order valence-corrected chi connectivity index (χ0v) is 15.7. The topological polar surface area (TPSA) is 47.6 Å². The number of benzene rings is 1. The first-order chi connectivity index (χ1) is 12.6. The van der Waals surface area contributed by atoms with E-state index in [4.69, 9.17) is 0 Å². The monoisotopic (exact) mass is 362 g/mol. The molecule has 0 radical (unpaired) electrons. The molecule has 0 aliphatic carbocycles. The molecule has 2 saturated heterocycles. The fraction of sp³-hybridized carbons (Fsp3) is 0.650. The molecule has 144 valence electrons. The van der Waals surface area contributed by atoms with E-state index in [9.17, 15) is 9.18 Å². The zero-order chi connectivity index (χ0) is 18.4. The van der Waals surface area contributed by atoms with E-state index in [2.05, 4.69) is 27.4 Å². The SMILES string of the molecule is C[C@H]1CCCCN1CCNC(=O)NC[C@H]1CCN(c2ccc(F)cc2)C1. The van der Waals surface area contributed by atoms with Crippen LogP contribution < -0.4 is 15.5 Å². The Bertz CT molecular complexity index is 580. The number of carbonyl (C=O) groups excluding carboxylic acids is 1. The average Bonchev–Trinajstić information content (AvgIpc) is 3.11. The molecule has 2 N–H and O–H groups in total. The lowest BCUT2D eigenvalue weighted by molar-refractivity contribution is 0.161. The first-order valence-corrected chi connectivity index (χ1v) is 9.88. The third-order valence-electron chi connectivity index (χ3n) is 5.65. The van der Waals surface area contributed by atoms with Crippen LogP contribution in [-0.4, -0.2) is 56.2 Å². The predicted molar refractivity (Wildman–Crippen MR) is 103 cm³/mol. The second kappa shape index (κ2) is 9.21. The molecule has 5 nitrogen and oxygen atoms in total. The van der Waals surface area contributed by atoms with Crippen molar-refractivity contribution < 1.29 is 9.18 Å². The molecular formula is C20H31FN4O. The summed E-state index contributed by atoms with van der Waals surface area (Å²) in [5, 5.41) is 5.98. The summed E-state index contributed by atoms with van der Waals surface area (Å²) >= 11 is 0. The van der Waals surface area contributed by atoms with E-state index < -0.39 is 0 Å². The molecule has 26 heavy (non-hydrogen) atoms. The Kier molecular flexibility index (Phi) is 6.72. The van der Waals surface area contributed by atoms with E-state index in [-0.39, 0.29) is 11.8 Å². The molecule has 1 aromatic rings. The van der Waals surface area contributed by atoms with Crippen LogP contribution in [0.3, 0.4) is 0 Å². The lowest BCUT2D eigenvalue weighted by atomic mass is 10.0. The van der Waals surface area contributed by atoms with Crippen LogP contribution in [0, 0.1) is 11.7 Å². The van der Waals surface area contributed by atoms with Gasteiger partial charge in [-0.2, -0.15) is 0 Å². The minimum Gasteiger partial charge on any atom is -0.371 e. The molecule has 2 fully saturated rings. The number of nitrogens with zero attached hydrogens (tertiary/aromatic N) is 2. The van der Waals surface area contributed by atoms with Crippen molar-refractivity contribution in [2.24, 2.45) is 5.92 Å². The van der Waals surface area contributed by atoms with Crippen LogP contribution in [0.15, 0.2) is 24.3 Å². The van der Waals surface area contributed by atoms with Crippen LogP contribution in [0.5, 0.6) is 0 Å². The highest BCUT2D eigenvalue weighted by atomic mass is 19.1. The van der Waals surface area contributed by atoms with E-state index in [1.54, 1.807) is 0 Å². The van der Waals surface area contributed by atoms with E-state index in [0.717, 1.165) is 38.3 Å². The minimum atomic E-state index is -0.207. The first kappa shape index (κ1) is 19.0. The van der Waals surface area contributed by atoms with E-state index in [0.29, 0.717) is 25.0 Å². The van der Waals surface area contributed by atoms with Crippen LogP contribution in [0.1, 0.15) is 32.6 Å². The van der Waals surface area contributed by atoms with Crippen molar-refractivity contribution in [1.82, 2.24) is 15.5 Å². The molecule has 1 aromatic carbocycles. The second-order valence-electron chi connectivity index (χ2n) is 7.59. The second-order valence-corrected chi connectivity index (χ2v) is 7.59. The Hall–Kier alpha value is -1.82. The largest absolute Gasteiger partial charge is 0.371 e. The lowest BCUT2D eigenvalue weighted by Gasteiger charge is -2.33. The van der Waals surface area contributed by atoms with Crippen molar-refractivity contribution in [2.75, 3.05) is 44.2 Å². The molecule has 2 amide bonds. The van der Waals surface area contributed by atoms with E-state index in [1.165, 1.54) is 31.4 Å². The van der Waals surface area contributed by atoms with Crippen LogP contribution in [0.25, 0.3) is 0 Å². The number of halogens is 1. The average molecular weight is 362 g/mol. The standard InChI is InChI=1S/C20H31FN4O/c1-16-4-2-3-11-24(16)13-10-22-20(26)23-14-17-9-12-25(15-17)19-7-5-18(21)6-8-19/h5-8,16-17H,2-4,9-15H2,1H3,(H2,22,23,26)/t16-,17+/m0/s1. The van der Waals surface area contributed by atoms with Crippen LogP contribution in [0.2, 0.25) is 0 Å². The van der Waals surface area contributed by atoms with Gasteiger partial charge < -0.3 is 15.5 Å². The smallest absolute Gasteiger partial charge is 0.314 e. The Morgan fingerprint density at radius 1 is 1.15 bits per heavy atom. The number of hydrogen-bond acceptors (Lipinski definition) is 3. The van der Waals surface area contributed by atoms with Gasteiger partial charge in [0.05, 0.1) is 0 Å². The molecule has 0 spiro atoms. The molecule has 3 rings (SSSR count). The quantitative estimate of drug-likeness (QED) is 0.818. The van der Waals surface area contributed by atoms with Crippen molar-refractivity contribution in [3.05, 3.63) is 30.1 Å². The number of nitrogens with one attached hydrogen (secondary N) is 2. The minimum absolute atomic E-state index is 0.0742. The van der Waals surface area contributed by atoms with Gasteiger partial charge in [-0.15, -0.1) is 0 Å². The molecule has 2 aliphatic rings. The number of piperidine rings is 1. The van der Waals surface area contributed by atoms with Gasteiger partial charge >= 0.3 is 6.03 Å². The van der Waals surface area contributed by atoms with Gasteiger partial charge in [0, 0.05) is 44.5 Å². The summed E-state index contributed by atoms with van der Waals surface area (Å²) in [6, 6.07) is 7.19. The van der Waals surface area contributed by atoms with Crippen molar-refractivity contribution >= 4 is 11.7 Å². The summed E-state index contributed by atoms with van der Waals surface area (Å²) in [5.41, 5.74) is 1.05. The number of rotatable bonds is 6. The van der Waals surface area contributed by atoms with E-state index in [1.807, 2.05) is 12.1 Å². The number of urea groups is 1. The third kappa shape index (κ3) is 5.34. The van der Waals surface area contributed by atoms with Crippen molar-refractivity contribution in [3.63, 3.8) is 0 Å². The fourth-order valence-electron chi connectivity index (χ4n) is 3.99. The van der Waals surface area contributed by atoms with Gasteiger partial charge in [-0.25, -0.2) is 9.18 Å². The first-order valence-electron chi connectivity index (χ1n) is 9.88. The molecule has 0 aromatic heterocycles. The third-order valence-corrected chi connectivity index (χ3v) is 5.65. The van der Waals surface area contributed by atoms with Gasteiger partial charge in [0.2, 0.25) is 0 Å². The number of likely N-dealkylation sites (tertiary alicyclic amines) is 1. The van der Waals surface area contributed by atoms with Gasteiger partial charge in [0.25, 0.3) is 0 Å². The van der Waals surface area contributed by atoms with Gasteiger partial charge in [-0.3, -0.25) is 4.90 Å². The summed E-state index contributed by atoms with van der Waals surface area (Å²) in [6.45, 7) is 7.57. The molecule has 0 saturated carbocycles. The summed E-state index contributed by atoms with van der Waals surface area (Å²) in [5.74, 6) is 0.231. The Balaban J connectivity index is 1.31. The molecule has 2 atom stereocenters. The summed E-state index contributed by atoms with van der Waals surface area (Å²) < 4.78 is 13.0. The molecule has 2 aliphatic heterocycles. The van der Waals surface area contributed by atoms with Gasteiger partial charge in [-0.05, 0) is 62.9 Å². The highest BCUT2D eigenvalue weighted by Crippen LogP contribution is 2.23. The van der Waals surface area contributed by atoms with Crippen molar-refractivity contribution in [2.45, 2.75) is 38.6 Å². The molecule has 6 heteroatoms. The fourth-order valence-corrected chi connectivity index (χ4v) is 3.99. The Labute approximate surface area is 155 Å². The molecule has 0 unspecified atom stereocenters. The number of carbonyl (C=O) groups is 1. The van der Waals surface area contributed by atoms with Crippen LogP contribution in [0.4, 0.5) is 14.9 Å². The predicted octanol–water partition coefficient (Wildman–Crippen LogP) is 2.83. The molecule has 2 heterocycles. The maximum absolute atomic E-state index is 13.0. The summed E-state index contributed by atoms with van der Waals surface area (Å²) in [4.78, 5) is 16.7. The van der Waals surface area contributed by atoms with Crippen LogP contribution >= 0.6 is 0 Å². The normalized spacial score (nSPS) is 23.8. The Morgan fingerprint density at radius 3 is 2.73 bits per heavy atom. The van der Waals surface area contributed by atoms with Crippen LogP contribution in [-0.2, 0) is 0 Å². The number of hydrogen-bond donors (Lipinski definition) is 2. The zero-order valence-electron chi connectivity index (χ0n) is 15.7.